The molecule has 3 aliphatic rings. The molecule has 6 nitrogen and oxygen atoms in total. The van der Waals surface area contributed by atoms with Crippen LogP contribution in [0.25, 0.3) is 10.9 Å². The summed E-state index contributed by atoms with van der Waals surface area (Å²) in [5.74, 6) is 0.286. The summed E-state index contributed by atoms with van der Waals surface area (Å²) in [6.07, 6.45) is 3.77. The van der Waals surface area contributed by atoms with Gasteiger partial charge in [0.05, 0.1) is 55.8 Å². The maximum atomic E-state index is 11.0. The Morgan fingerprint density at radius 3 is 2.72 bits per heavy atom. The summed E-state index contributed by atoms with van der Waals surface area (Å²) in [6.45, 7) is 3.03. The fourth-order valence-electron chi connectivity index (χ4n) is 3.82. The number of fused-ring (bicyclic) bond motifs is 1. The van der Waals surface area contributed by atoms with Crippen LogP contribution < -0.4 is 5.32 Å². The van der Waals surface area contributed by atoms with Crippen molar-refractivity contribution in [2.45, 2.75) is 31.3 Å². The quantitative estimate of drug-likeness (QED) is 0.897. The molecule has 25 heavy (non-hydrogen) atoms. The standard InChI is InChI=1S/C19H23N3O3/c23-19-18(16-11-24-7-6-20-16)15-8-13(21-12-2-1-3-12)4-5-17(15)22(19)14-9-25-10-14/h4-5,8,12,14,21,23H,1-3,6-7,9-11H2. The summed E-state index contributed by atoms with van der Waals surface area (Å²) >= 11 is 0. The highest BCUT2D eigenvalue weighted by Gasteiger charge is 2.30. The van der Waals surface area contributed by atoms with E-state index in [1.165, 1.54) is 19.3 Å². The number of aliphatic imine (C=N–C) groups is 1. The van der Waals surface area contributed by atoms with Crippen molar-refractivity contribution in [1.29, 1.82) is 0 Å². The van der Waals surface area contributed by atoms with E-state index in [1.54, 1.807) is 0 Å². The van der Waals surface area contributed by atoms with Crippen LogP contribution in [-0.4, -0.2) is 54.4 Å². The van der Waals surface area contributed by atoms with E-state index in [0.717, 1.165) is 27.9 Å². The van der Waals surface area contributed by atoms with Gasteiger partial charge in [0.25, 0.3) is 0 Å². The van der Waals surface area contributed by atoms with Crippen molar-refractivity contribution >= 4 is 22.3 Å². The van der Waals surface area contributed by atoms with Gasteiger partial charge in [-0.2, -0.15) is 0 Å². The van der Waals surface area contributed by atoms with Crippen LogP contribution in [0.5, 0.6) is 5.88 Å². The van der Waals surface area contributed by atoms with Crippen LogP contribution in [0.1, 0.15) is 30.9 Å². The highest BCUT2D eigenvalue weighted by atomic mass is 16.5. The molecular formula is C19H23N3O3. The lowest BCUT2D eigenvalue weighted by Crippen LogP contribution is -2.30. The molecule has 0 bridgehead atoms. The fraction of sp³-hybridized carbons (Fsp3) is 0.526. The molecule has 2 aliphatic heterocycles. The van der Waals surface area contributed by atoms with Crippen molar-refractivity contribution < 1.29 is 14.6 Å². The molecule has 1 saturated heterocycles. The third-order valence-corrected chi connectivity index (χ3v) is 5.50. The molecule has 1 saturated carbocycles. The van der Waals surface area contributed by atoms with Gasteiger partial charge in [-0.25, -0.2) is 0 Å². The second kappa shape index (κ2) is 6.04. The first kappa shape index (κ1) is 15.2. The van der Waals surface area contributed by atoms with Gasteiger partial charge in [0.1, 0.15) is 0 Å². The van der Waals surface area contributed by atoms with E-state index in [4.69, 9.17) is 9.47 Å². The highest BCUT2D eigenvalue weighted by Crippen LogP contribution is 2.39. The molecule has 0 radical (unpaired) electrons. The number of nitrogens with one attached hydrogen (secondary N) is 1. The molecule has 1 aromatic carbocycles. The molecule has 6 heteroatoms. The number of benzene rings is 1. The SMILES string of the molecule is Oc1c(C2=NCCOC2)c2cc(NC3CCC3)ccc2n1C1COC1. The van der Waals surface area contributed by atoms with Gasteiger partial charge in [-0.3, -0.25) is 4.99 Å². The Balaban J connectivity index is 1.64. The Labute approximate surface area is 146 Å². The van der Waals surface area contributed by atoms with Crippen molar-refractivity contribution in [1.82, 2.24) is 4.57 Å². The molecule has 2 aromatic rings. The minimum absolute atomic E-state index is 0.187. The minimum atomic E-state index is 0.187. The first-order valence-corrected chi connectivity index (χ1v) is 9.14. The number of ether oxygens (including phenoxy) is 2. The number of aromatic hydroxyl groups is 1. The molecule has 132 valence electrons. The summed E-state index contributed by atoms with van der Waals surface area (Å²) < 4.78 is 12.9. The lowest BCUT2D eigenvalue weighted by Gasteiger charge is -2.29. The molecule has 2 N–H and O–H groups in total. The summed E-state index contributed by atoms with van der Waals surface area (Å²) in [6, 6.07) is 7.12. The maximum Gasteiger partial charge on any atom is 0.201 e. The fourth-order valence-corrected chi connectivity index (χ4v) is 3.82. The lowest BCUT2D eigenvalue weighted by atomic mass is 9.93. The van der Waals surface area contributed by atoms with Gasteiger partial charge in [-0.15, -0.1) is 0 Å². The van der Waals surface area contributed by atoms with Crippen molar-refractivity contribution in [2.24, 2.45) is 4.99 Å². The number of aromatic nitrogens is 1. The molecule has 2 fully saturated rings. The number of rotatable bonds is 4. The van der Waals surface area contributed by atoms with E-state index in [1.807, 2.05) is 4.57 Å². The molecule has 0 unspecified atom stereocenters. The predicted octanol–water partition coefficient (Wildman–Crippen LogP) is 2.70. The van der Waals surface area contributed by atoms with Crippen molar-refractivity contribution in [2.75, 3.05) is 38.3 Å². The van der Waals surface area contributed by atoms with E-state index in [2.05, 4.69) is 28.5 Å². The van der Waals surface area contributed by atoms with E-state index in [9.17, 15) is 5.11 Å². The molecule has 0 spiro atoms. The summed E-state index contributed by atoms with van der Waals surface area (Å²) in [5, 5.41) is 15.6. The molecular weight excluding hydrogens is 318 g/mol. The smallest absolute Gasteiger partial charge is 0.201 e. The molecule has 3 heterocycles. The van der Waals surface area contributed by atoms with Crippen LogP contribution >= 0.6 is 0 Å². The molecule has 0 atom stereocenters. The van der Waals surface area contributed by atoms with Crippen LogP contribution in [-0.2, 0) is 9.47 Å². The molecule has 1 aromatic heterocycles. The zero-order chi connectivity index (χ0) is 16.8. The maximum absolute atomic E-state index is 11.0. The Kier molecular flexibility index (Phi) is 3.68. The molecule has 0 amide bonds. The number of hydrogen-bond donors (Lipinski definition) is 2. The van der Waals surface area contributed by atoms with Crippen LogP contribution in [0.2, 0.25) is 0 Å². The highest BCUT2D eigenvalue weighted by molar-refractivity contribution is 6.14. The number of anilines is 1. The van der Waals surface area contributed by atoms with Crippen molar-refractivity contribution in [3.8, 4) is 5.88 Å². The molecule has 5 rings (SSSR count). The van der Waals surface area contributed by atoms with Gasteiger partial charge in [-0.1, -0.05) is 0 Å². The first-order valence-electron chi connectivity index (χ1n) is 9.14. The van der Waals surface area contributed by atoms with Gasteiger partial charge >= 0.3 is 0 Å². The van der Waals surface area contributed by atoms with E-state index in [-0.39, 0.29) is 11.9 Å². The largest absolute Gasteiger partial charge is 0.494 e. The van der Waals surface area contributed by atoms with Gasteiger partial charge in [-0.05, 0) is 37.5 Å². The Bertz CT molecular complexity index is 834. The van der Waals surface area contributed by atoms with E-state index in [0.29, 0.717) is 39.0 Å². The summed E-state index contributed by atoms with van der Waals surface area (Å²) in [7, 11) is 0. The second-order valence-corrected chi connectivity index (χ2v) is 7.14. The number of hydrogen-bond acceptors (Lipinski definition) is 5. The predicted molar refractivity (Wildman–Crippen MR) is 96.9 cm³/mol. The Morgan fingerprint density at radius 1 is 1.20 bits per heavy atom. The van der Waals surface area contributed by atoms with Crippen LogP contribution in [0.4, 0.5) is 5.69 Å². The summed E-state index contributed by atoms with van der Waals surface area (Å²) in [5.41, 5.74) is 3.80. The van der Waals surface area contributed by atoms with Crippen LogP contribution in [0.15, 0.2) is 23.2 Å². The average Bonchev–Trinajstić information content (AvgIpc) is 2.82. The third kappa shape index (κ3) is 2.51. The van der Waals surface area contributed by atoms with Crippen LogP contribution in [0, 0.1) is 0 Å². The Hall–Kier alpha value is -2.05. The normalized spacial score (nSPS) is 21.7. The Morgan fingerprint density at radius 2 is 2.08 bits per heavy atom. The zero-order valence-corrected chi connectivity index (χ0v) is 14.2. The van der Waals surface area contributed by atoms with Gasteiger partial charge in [0.15, 0.2) is 0 Å². The summed E-state index contributed by atoms with van der Waals surface area (Å²) in [4.78, 5) is 4.61. The monoisotopic (exact) mass is 341 g/mol. The zero-order valence-electron chi connectivity index (χ0n) is 14.2. The van der Waals surface area contributed by atoms with Gasteiger partial charge in [0.2, 0.25) is 5.88 Å². The van der Waals surface area contributed by atoms with Crippen molar-refractivity contribution in [3.63, 3.8) is 0 Å². The van der Waals surface area contributed by atoms with Crippen molar-refractivity contribution in [3.05, 3.63) is 23.8 Å². The third-order valence-electron chi connectivity index (χ3n) is 5.50. The van der Waals surface area contributed by atoms with E-state index >= 15 is 0 Å². The minimum Gasteiger partial charge on any atom is -0.494 e. The lowest BCUT2D eigenvalue weighted by molar-refractivity contribution is -0.0238. The average molecular weight is 341 g/mol. The van der Waals surface area contributed by atoms with Crippen LogP contribution in [0.3, 0.4) is 0 Å². The van der Waals surface area contributed by atoms with Gasteiger partial charge < -0.3 is 24.5 Å². The molecule has 1 aliphatic carbocycles. The van der Waals surface area contributed by atoms with E-state index < -0.39 is 0 Å². The number of nitrogens with zero attached hydrogens (tertiary/aromatic N) is 2. The second-order valence-electron chi connectivity index (χ2n) is 7.14. The van der Waals surface area contributed by atoms with Gasteiger partial charge in [0, 0.05) is 17.1 Å². The topological polar surface area (TPSA) is 68.0 Å². The first-order chi connectivity index (χ1) is 12.3.